The zero-order valence-electron chi connectivity index (χ0n) is 18.7. The van der Waals surface area contributed by atoms with Gasteiger partial charge in [0, 0.05) is 37.4 Å². The molecule has 7 nitrogen and oxygen atoms in total. The van der Waals surface area contributed by atoms with Crippen molar-refractivity contribution in [2.45, 2.75) is 50.2 Å². The normalized spacial score (nSPS) is 21.4. The summed E-state index contributed by atoms with van der Waals surface area (Å²) >= 11 is 0. The number of rotatable bonds is 9. The van der Waals surface area contributed by atoms with Gasteiger partial charge in [-0.05, 0) is 43.0 Å². The Hall–Kier alpha value is -3.29. The quantitative estimate of drug-likeness (QED) is 0.606. The fraction of sp³-hybridized carbons (Fsp3) is 0.440. The summed E-state index contributed by atoms with van der Waals surface area (Å²) < 4.78 is 31.2. The van der Waals surface area contributed by atoms with Gasteiger partial charge in [0.05, 0.1) is 7.11 Å². The standard InChI is InChI=1S/C25H29FN2O5/c1-31-18-7-6-17(20(26)14-18)15-25(12-9-24(30)28-25)11-8-23(29)27-13-10-19-16-32-21-4-2-3-5-22(21)33-19/h2-7,14,19H,8-13,15-16H2,1H3,(H,27,29)(H,28,30). The summed E-state index contributed by atoms with van der Waals surface area (Å²) in [5.74, 6) is 1.33. The Morgan fingerprint density at radius 3 is 2.82 bits per heavy atom. The Kier molecular flexibility index (Phi) is 7.01. The Balaban J connectivity index is 1.27. The highest BCUT2D eigenvalue weighted by Gasteiger charge is 2.38. The molecule has 2 atom stereocenters. The van der Waals surface area contributed by atoms with Crippen molar-refractivity contribution >= 4 is 11.8 Å². The predicted molar refractivity (Wildman–Crippen MR) is 120 cm³/mol. The minimum Gasteiger partial charge on any atom is -0.497 e. The van der Waals surface area contributed by atoms with Crippen molar-refractivity contribution in [3.8, 4) is 17.2 Å². The van der Waals surface area contributed by atoms with Crippen LogP contribution in [-0.4, -0.2) is 43.7 Å². The number of fused-ring (bicyclic) bond motifs is 1. The summed E-state index contributed by atoms with van der Waals surface area (Å²) in [6, 6.07) is 12.2. The first-order valence-corrected chi connectivity index (χ1v) is 11.2. The molecule has 2 aliphatic heterocycles. The highest BCUT2D eigenvalue weighted by Crippen LogP contribution is 2.32. The Morgan fingerprint density at radius 2 is 2.09 bits per heavy atom. The first-order chi connectivity index (χ1) is 16.0. The second kappa shape index (κ2) is 10.1. The maximum absolute atomic E-state index is 14.5. The molecule has 0 aliphatic carbocycles. The van der Waals surface area contributed by atoms with E-state index in [-0.39, 0.29) is 30.2 Å². The van der Waals surface area contributed by atoms with E-state index in [4.69, 9.17) is 14.2 Å². The van der Waals surface area contributed by atoms with Crippen molar-refractivity contribution in [3.05, 3.63) is 53.8 Å². The molecule has 2 unspecified atom stereocenters. The first kappa shape index (κ1) is 22.9. The van der Waals surface area contributed by atoms with Crippen LogP contribution >= 0.6 is 0 Å². The van der Waals surface area contributed by atoms with Gasteiger partial charge in [-0.1, -0.05) is 18.2 Å². The molecule has 176 valence electrons. The van der Waals surface area contributed by atoms with E-state index < -0.39 is 5.54 Å². The summed E-state index contributed by atoms with van der Waals surface area (Å²) in [7, 11) is 1.48. The monoisotopic (exact) mass is 456 g/mol. The van der Waals surface area contributed by atoms with Crippen LogP contribution in [0.3, 0.4) is 0 Å². The molecule has 1 fully saturated rings. The first-order valence-electron chi connectivity index (χ1n) is 11.2. The number of carbonyl (C=O) groups is 2. The van der Waals surface area contributed by atoms with Crippen molar-refractivity contribution in [2.24, 2.45) is 0 Å². The fourth-order valence-corrected chi connectivity index (χ4v) is 4.36. The average Bonchev–Trinajstić information content (AvgIpc) is 3.19. The Morgan fingerprint density at radius 1 is 1.27 bits per heavy atom. The van der Waals surface area contributed by atoms with Gasteiger partial charge in [-0.15, -0.1) is 0 Å². The summed E-state index contributed by atoms with van der Waals surface area (Å²) in [6.07, 6.45) is 2.44. The molecule has 0 spiro atoms. The van der Waals surface area contributed by atoms with Crippen LogP contribution < -0.4 is 24.8 Å². The molecule has 2 aromatic carbocycles. The second-order valence-corrected chi connectivity index (χ2v) is 8.60. The van der Waals surface area contributed by atoms with Gasteiger partial charge in [-0.3, -0.25) is 9.59 Å². The summed E-state index contributed by atoms with van der Waals surface area (Å²) in [4.78, 5) is 24.4. The highest BCUT2D eigenvalue weighted by atomic mass is 19.1. The van der Waals surface area contributed by atoms with E-state index in [9.17, 15) is 14.0 Å². The van der Waals surface area contributed by atoms with Crippen LogP contribution in [-0.2, 0) is 16.0 Å². The number of ether oxygens (including phenoxy) is 3. The van der Waals surface area contributed by atoms with Gasteiger partial charge >= 0.3 is 0 Å². The lowest BCUT2D eigenvalue weighted by Crippen LogP contribution is -2.45. The average molecular weight is 457 g/mol. The molecule has 8 heteroatoms. The lowest BCUT2D eigenvalue weighted by atomic mass is 9.84. The lowest BCUT2D eigenvalue weighted by Gasteiger charge is -2.29. The molecule has 2 amide bonds. The number of carbonyl (C=O) groups excluding carboxylic acids is 2. The smallest absolute Gasteiger partial charge is 0.220 e. The Labute approximate surface area is 192 Å². The molecule has 0 saturated carbocycles. The van der Waals surface area contributed by atoms with Gasteiger partial charge < -0.3 is 24.8 Å². The van der Waals surface area contributed by atoms with Crippen molar-refractivity contribution in [2.75, 3.05) is 20.3 Å². The topological polar surface area (TPSA) is 85.9 Å². The van der Waals surface area contributed by atoms with E-state index in [0.717, 1.165) is 5.75 Å². The number of hydrogen-bond donors (Lipinski definition) is 2. The van der Waals surface area contributed by atoms with E-state index in [1.54, 1.807) is 12.1 Å². The maximum Gasteiger partial charge on any atom is 0.220 e. The summed E-state index contributed by atoms with van der Waals surface area (Å²) in [5.41, 5.74) is -0.137. The molecule has 2 heterocycles. The van der Waals surface area contributed by atoms with Crippen molar-refractivity contribution in [1.29, 1.82) is 0 Å². The number of nitrogens with one attached hydrogen (secondary N) is 2. The third-order valence-corrected chi connectivity index (χ3v) is 6.21. The van der Waals surface area contributed by atoms with Gasteiger partial charge in [-0.2, -0.15) is 0 Å². The molecule has 33 heavy (non-hydrogen) atoms. The molecule has 0 bridgehead atoms. The SMILES string of the molecule is COc1ccc(CC2(CCC(=O)NCCC3COc4ccccc4O3)CCC(=O)N2)c(F)c1. The van der Waals surface area contributed by atoms with E-state index in [1.807, 2.05) is 24.3 Å². The van der Waals surface area contributed by atoms with E-state index >= 15 is 0 Å². The van der Waals surface area contributed by atoms with Crippen LogP contribution in [0.5, 0.6) is 17.2 Å². The van der Waals surface area contributed by atoms with Gasteiger partial charge in [0.1, 0.15) is 24.3 Å². The molecule has 0 aromatic heterocycles. The van der Waals surface area contributed by atoms with E-state index in [0.29, 0.717) is 62.3 Å². The largest absolute Gasteiger partial charge is 0.497 e. The summed E-state index contributed by atoms with van der Waals surface area (Å²) in [6.45, 7) is 0.900. The van der Waals surface area contributed by atoms with Crippen LogP contribution in [0.4, 0.5) is 4.39 Å². The molecule has 1 saturated heterocycles. The number of amides is 2. The fourth-order valence-electron chi connectivity index (χ4n) is 4.36. The van der Waals surface area contributed by atoms with Gasteiger partial charge in [-0.25, -0.2) is 4.39 Å². The van der Waals surface area contributed by atoms with Crippen LogP contribution in [0.25, 0.3) is 0 Å². The van der Waals surface area contributed by atoms with Crippen LogP contribution in [0.15, 0.2) is 42.5 Å². The molecular formula is C25H29FN2O5. The molecule has 2 aromatic rings. The van der Waals surface area contributed by atoms with Gasteiger partial charge in [0.25, 0.3) is 0 Å². The number of hydrogen-bond acceptors (Lipinski definition) is 5. The van der Waals surface area contributed by atoms with Crippen molar-refractivity contribution in [1.82, 2.24) is 10.6 Å². The minimum absolute atomic E-state index is 0.0703. The van der Waals surface area contributed by atoms with Crippen molar-refractivity contribution < 1.29 is 28.2 Å². The molecule has 0 radical (unpaired) electrons. The maximum atomic E-state index is 14.5. The number of halogens is 1. The number of para-hydroxylation sites is 2. The number of benzene rings is 2. The third-order valence-electron chi connectivity index (χ3n) is 6.21. The zero-order chi connectivity index (χ0) is 23.3. The molecule has 2 aliphatic rings. The number of methoxy groups -OCH3 is 1. The minimum atomic E-state index is -0.631. The van der Waals surface area contributed by atoms with Gasteiger partial charge in [0.15, 0.2) is 11.5 Å². The van der Waals surface area contributed by atoms with Crippen LogP contribution in [0, 0.1) is 5.82 Å². The Bertz CT molecular complexity index is 1010. The van der Waals surface area contributed by atoms with E-state index in [2.05, 4.69) is 10.6 Å². The molecule has 4 rings (SSSR count). The van der Waals surface area contributed by atoms with E-state index in [1.165, 1.54) is 13.2 Å². The van der Waals surface area contributed by atoms with Crippen molar-refractivity contribution in [3.63, 3.8) is 0 Å². The predicted octanol–water partition coefficient (Wildman–Crippen LogP) is 3.15. The zero-order valence-corrected chi connectivity index (χ0v) is 18.7. The highest BCUT2D eigenvalue weighted by molar-refractivity contribution is 5.80. The third kappa shape index (κ3) is 5.74. The van der Waals surface area contributed by atoms with Crippen LogP contribution in [0.1, 0.15) is 37.7 Å². The molecule has 2 N–H and O–H groups in total. The molecular weight excluding hydrogens is 427 g/mol. The second-order valence-electron chi connectivity index (χ2n) is 8.60. The lowest BCUT2D eigenvalue weighted by molar-refractivity contribution is -0.122. The summed E-state index contributed by atoms with van der Waals surface area (Å²) in [5, 5.41) is 5.91. The van der Waals surface area contributed by atoms with Crippen LogP contribution in [0.2, 0.25) is 0 Å². The van der Waals surface area contributed by atoms with Gasteiger partial charge in [0.2, 0.25) is 11.8 Å².